The number of anilines is 2. The molecule has 30 heavy (non-hydrogen) atoms. The third-order valence-corrected chi connectivity index (χ3v) is 4.52. The van der Waals surface area contributed by atoms with Crippen molar-refractivity contribution in [3.63, 3.8) is 0 Å². The molecule has 0 aliphatic carbocycles. The van der Waals surface area contributed by atoms with E-state index < -0.39 is 30.7 Å². The van der Waals surface area contributed by atoms with Crippen molar-refractivity contribution in [2.24, 2.45) is 11.1 Å². The maximum Gasteiger partial charge on any atom is 0.253 e. The lowest BCUT2D eigenvalue weighted by Crippen LogP contribution is -2.52. The topological polar surface area (TPSA) is 87.9 Å². The molecule has 10 heteroatoms. The van der Waals surface area contributed by atoms with Gasteiger partial charge in [-0.3, -0.25) is 14.5 Å². The summed E-state index contributed by atoms with van der Waals surface area (Å²) in [5, 5.41) is 2.43. The van der Waals surface area contributed by atoms with E-state index in [1.54, 1.807) is 0 Å². The van der Waals surface area contributed by atoms with Crippen LogP contribution in [0.2, 0.25) is 0 Å². The van der Waals surface area contributed by atoms with Crippen molar-refractivity contribution in [1.29, 1.82) is 0 Å². The minimum atomic E-state index is -2.64. The number of amides is 2. The second-order valence-electron chi connectivity index (χ2n) is 8.38. The molecule has 0 aromatic heterocycles. The number of alkyl halides is 2. The Labute approximate surface area is 174 Å². The fourth-order valence-corrected chi connectivity index (χ4v) is 3.29. The zero-order valence-electron chi connectivity index (χ0n) is 17.5. The second-order valence-corrected chi connectivity index (χ2v) is 8.38. The van der Waals surface area contributed by atoms with E-state index in [1.807, 2.05) is 20.8 Å². The Kier molecular flexibility index (Phi) is 8.22. The molecular weight excluding hydrogens is 401 g/mol. The Bertz CT molecular complexity index is 755. The minimum Gasteiger partial charge on any atom is -0.370 e. The molecule has 1 fully saturated rings. The number of nitrogens with zero attached hydrogens (tertiary/aromatic N) is 2. The van der Waals surface area contributed by atoms with Crippen molar-refractivity contribution in [3.05, 3.63) is 24.0 Å². The number of carbonyl (C=O) groups is 2. The summed E-state index contributed by atoms with van der Waals surface area (Å²) in [4.78, 5) is 27.3. The molecular formula is C20H29F3N4O3. The summed E-state index contributed by atoms with van der Waals surface area (Å²) in [7, 11) is 0. The van der Waals surface area contributed by atoms with Gasteiger partial charge in [0.25, 0.3) is 12.3 Å². The van der Waals surface area contributed by atoms with Crippen LogP contribution in [0.1, 0.15) is 20.8 Å². The van der Waals surface area contributed by atoms with Crippen LogP contribution in [0.25, 0.3) is 0 Å². The fraction of sp³-hybridized carbons (Fsp3) is 0.600. The van der Waals surface area contributed by atoms with Gasteiger partial charge in [-0.25, -0.2) is 13.2 Å². The number of benzene rings is 1. The summed E-state index contributed by atoms with van der Waals surface area (Å²) in [5.74, 6) is -1.70. The highest BCUT2D eigenvalue weighted by molar-refractivity contribution is 5.97. The number of morpholine rings is 1. The molecule has 1 aliphatic heterocycles. The smallest absolute Gasteiger partial charge is 0.253 e. The van der Waals surface area contributed by atoms with Gasteiger partial charge in [0.15, 0.2) is 0 Å². The number of nitrogens with two attached hydrogens (primary N) is 1. The van der Waals surface area contributed by atoms with Crippen LogP contribution >= 0.6 is 0 Å². The molecule has 2 rings (SSSR count). The minimum absolute atomic E-state index is 0.0773. The Morgan fingerprint density at radius 3 is 2.60 bits per heavy atom. The highest BCUT2D eigenvalue weighted by atomic mass is 19.3. The fourth-order valence-electron chi connectivity index (χ4n) is 3.29. The van der Waals surface area contributed by atoms with Crippen molar-refractivity contribution in [2.45, 2.75) is 33.2 Å². The monoisotopic (exact) mass is 430 g/mol. The van der Waals surface area contributed by atoms with Crippen LogP contribution in [0, 0.1) is 11.2 Å². The third kappa shape index (κ3) is 6.68. The van der Waals surface area contributed by atoms with Gasteiger partial charge in [0.2, 0.25) is 5.91 Å². The molecule has 1 aromatic carbocycles. The Hall–Kier alpha value is -2.17. The highest BCUT2D eigenvalue weighted by Crippen LogP contribution is 2.24. The van der Waals surface area contributed by atoms with E-state index >= 15 is 0 Å². The van der Waals surface area contributed by atoms with E-state index in [0.29, 0.717) is 18.8 Å². The molecule has 0 radical (unpaired) electrons. The number of halogens is 3. The molecule has 1 atom stereocenters. The lowest BCUT2D eigenvalue weighted by Gasteiger charge is -2.34. The molecule has 2 amide bonds. The highest BCUT2D eigenvalue weighted by Gasteiger charge is 2.31. The predicted octanol–water partition coefficient (Wildman–Crippen LogP) is 2.07. The van der Waals surface area contributed by atoms with Gasteiger partial charge >= 0.3 is 0 Å². The van der Waals surface area contributed by atoms with Crippen molar-refractivity contribution in [1.82, 2.24) is 4.90 Å². The van der Waals surface area contributed by atoms with Gasteiger partial charge < -0.3 is 20.7 Å². The summed E-state index contributed by atoms with van der Waals surface area (Å²) in [6.45, 7) is 5.56. The zero-order valence-corrected chi connectivity index (χ0v) is 17.5. The normalized spacial score (nSPS) is 16.3. The quantitative estimate of drug-likeness (QED) is 0.659. The first-order valence-corrected chi connectivity index (χ1v) is 9.72. The molecule has 7 nitrogen and oxygen atoms in total. The van der Waals surface area contributed by atoms with E-state index in [1.165, 1.54) is 21.9 Å². The number of ether oxygens (including phenoxy) is 1. The number of nitrogens with one attached hydrogen (secondary N) is 1. The summed E-state index contributed by atoms with van der Waals surface area (Å²) >= 11 is 0. The number of carbonyl (C=O) groups excluding carboxylic acids is 2. The van der Waals surface area contributed by atoms with Crippen LogP contribution in [0.3, 0.4) is 0 Å². The van der Waals surface area contributed by atoms with E-state index in [-0.39, 0.29) is 36.7 Å². The Morgan fingerprint density at radius 2 is 2.07 bits per heavy atom. The predicted molar refractivity (Wildman–Crippen MR) is 108 cm³/mol. The first kappa shape index (κ1) is 24.1. The molecule has 0 saturated carbocycles. The van der Waals surface area contributed by atoms with Crippen LogP contribution < -0.4 is 16.0 Å². The molecule has 1 heterocycles. The number of hydrogen-bond donors (Lipinski definition) is 2. The lowest BCUT2D eigenvalue weighted by molar-refractivity contribution is -0.125. The Balaban J connectivity index is 2.16. The summed E-state index contributed by atoms with van der Waals surface area (Å²) < 4.78 is 45.7. The molecule has 0 unspecified atom stereocenters. The molecule has 3 N–H and O–H groups in total. The van der Waals surface area contributed by atoms with Crippen LogP contribution in [-0.4, -0.2) is 68.6 Å². The van der Waals surface area contributed by atoms with Crippen LogP contribution in [0.4, 0.5) is 24.5 Å². The maximum absolute atomic E-state index is 14.6. The second kappa shape index (κ2) is 10.2. The largest absolute Gasteiger partial charge is 0.370 e. The molecule has 168 valence electrons. The lowest BCUT2D eigenvalue weighted by atomic mass is 9.95. The SMILES string of the molecule is CC(C)(C)CN(CC(F)F)[C@H](CN)C(=O)Nc1ccc(N2CCOCC2=O)cc1F. The van der Waals surface area contributed by atoms with Gasteiger partial charge in [0.05, 0.1) is 18.8 Å². The molecule has 0 bridgehead atoms. The van der Waals surface area contributed by atoms with Crippen molar-refractivity contribution < 1.29 is 27.5 Å². The van der Waals surface area contributed by atoms with Crippen LogP contribution in [0.15, 0.2) is 18.2 Å². The van der Waals surface area contributed by atoms with Gasteiger partial charge in [-0.2, -0.15) is 0 Å². The van der Waals surface area contributed by atoms with Gasteiger partial charge in [0.1, 0.15) is 18.5 Å². The first-order chi connectivity index (χ1) is 14.0. The van der Waals surface area contributed by atoms with E-state index in [4.69, 9.17) is 10.5 Å². The average Bonchev–Trinajstić information content (AvgIpc) is 2.62. The summed E-state index contributed by atoms with van der Waals surface area (Å²) in [6.07, 6.45) is -2.64. The van der Waals surface area contributed by atoms with Gasteiger partial charge in [0, 0.05) is 25.3 Å². The van der Waals surface area contributed by atoms with Gasteiger partial charge in [-0.05, 0) is 23.6 Å². The van der Waals surface area contributed by atoms with E-state index in [9.17, 15) is 22.8 Å². The van der Waals surface area contributed by atoms with Gasteiger partial charge in [-0.1, -0.05) is 20.8 Å². The molecule has 1 aliphatic rings. The third-order valence-electron chi connectivity index (χ3n) is 4.52. The van der Waals surface area contributed by atoms with Crippen LogP contribution in [-0.2, 0) is 14.3 Å². The summed E-state index contributed by atoms with van der Waals surface area (Å²) in [5.41, 5.74) is 5.59. The molecule has 0 spiro atoms. The van der Waals surface area contributed by atoms with E-state index in [2.05, 4.69) is 5.32 Å². The number of hydrogen-bond acceptors (Lipinski definition) is 5. The average molecular weight is 430 g/mol. The van der Waals surface area contributed by atoms with Crippen molar-refractivity contribution in [2.75, 3.05) is 49.6 Å². The van der Waals surface area contributed by atoms with Crippen LogP contribution in [0.5, 0.6) is 0 Å². The van der Waals surface area contributed by atoms with Crippen molar-refractivity contribution in [3.8, 4) is 0 Å². The first-order valence-electron chi connectivity index (χ1n) is 9.72. The molecule has 1 aromatic rings. The van der Waals surface area contributed by atoms with Crippen molar-refractivity contribution >= 4 is 23.2 Å². The summed E-state index contributed by atoms with van der Waals surface area (Å²) in [6, 6.07) is 2.94. The number of rotatable bonds is 8. The standard InChI is InChI=1S/C20H29F3N4O3/c1-20(2,3)12-26(10-17(22)23)16(9-24)19(29)25-15-5-4-13(8-14(15)21)27-6-7-30-11-18(27)28/h4-5,8,16-17H,6-7,9-12,24H2,1-3H3,(H,25,29)/t16-/m1/s1. The Morgan fingerprint density at radius 1 is 1.37 bits per heavy atom. The van der Waals surface area contributed by atoms with E-state index in [0.717, 1.165) is 6.07 Å². The zero-order chi connectivity index (χ0) is 22.5. The molecule has 1 saturated heterocycles. The maximum atomic E-state index is 14.6. The van der Waals surface area contributed by atoms with Gasteiger partial charge in [-0.15, -0.1) is 0 Å².